The molecule has 15 heavy (non-hydrogen) atoms. The van der Waals surface area contributed by atoms with E-state index in [0.717, 1.165) is 24.7 Å². The lowest BCUT2D eigenvalue weighted by Gasteiger charge is -2.36. The van der Waals surface area contributed by atoms with Crippen LogP contribution in [0, 0.1) is 5.92 Å². The highest BCUT2D eigenvalue weighted by Gasteiger charge is 2.27. The molecule has 3 heteroatoms. The van der Waals surface area contributed by atoms with Crippen LogP contribution in [0.1, 0.15) is 39.0 Å². The average molecular weight is 278 g/mol. The monoisotopic (exact) mass is 277 g/mol. The Balaban J connectivity index is 2.40. The molecule has 2 nitrogen and oxygen atoms in total. The third-order valence-electron chi connectivity index (χ3n) is 3.60. The first kappa shape index (κ1) is 13.5. The minimum Gasteiger partial charge on any atom is -0.391 e. The maximum absolute atomic E-state index is 9.94. The molecule has 0 aromatic heterocycles. The Labute approximate surface area is 102 Å². The molecular weight excluding hydrogens is 254 g/mol. The molecule has 0 aromatic rings. The van der Waals surface area contributed by atoms with E-state index in [0.29, 0.717) is 12.0 Å². The van der Waals surface area contributed by atoms with E-state index in [9.17, 15) is 5.11 Å². The highest BCUT2D eigenvalue weighted by molar-refractivity contribution is 9.09. The summed E-state index contributed by atoms with van der Waals surface area (Å²) in [6.45, 7) is 3.33. The molecule has 1 aliphatic carbocycles. The number of likely N-dealkylation sites (N-methyl/N-ethyl adjacent to an activating group) is 1. The molecule has 1 rings (SSSR count). The molecular formula is C12H24BrNO. The molecule has 1 saturated carbocycles. The second-order valence-corrected chi connectivity index (χ2v) is 5.43. The Morgan fingerprint density at radius 3 is 2.60 bits per heavy atom. The van der Waals surface area contributed by atoms with Gasteiger partial charge in [0.1, 0.15) is 0 Å². The van der Waals surface area contributed by atoms with Crippen LogP contribution in [0.4, 0.5) is 0 Å². The van der Waals surface area contributed by atoms with Crippen molar-refractivity contribution < 1.29 is 5.11 Å². The Morgan fingerprint density at radius 2 is 2.07 bits per heavy atom. The minimum absolute atomic E-state index is 0.100. The Bertz CT molecular complexity index is 173. The summed E-state index contributed by atoms with van der Waals surface area (Å²) in [6.07, 6.45) is 5.73. The SMILES string of the molecule is CCC(CBr)CN(C)C1CCCCC1O. The summed E-state index contributed by atoms with van der Waals surface area (Å²) in [5.41, 5.74) is 0. The van der Waals surface area contributed by atoms with Crippen molar-refractivity contribution in [1.29, 1.82) is 0 Å². The van der Waals surface area contributed by atoms with Gasteiger partial charge in [-0.25, -0.2) is 0 Å². The summed E-state index contributed by atoms with van der Waals surface area (Å²) >= 11 is 3.55. The predicted molar refractivity (Wildman–Crippen MR) is 68.5 cm³/mol. The van der Waals surface area contributed by atoms with Crippen molar-refractivity contribution in [3.8, 4) is 0 Å². The van der Waals surface area contributed by atoms with Gasteiger partial charge in [0.15, 0.2) is 0 Å². The van der Waals surface area contributed by atoms with Crippen molar-refractivity contribution in [1.82, 2.24) is 4.90 Å². The van der Waals surface area contributed by atoms with Gasteiger partial charge in [0, 0.05) is 17.9 Å². The van der Waals surface area contributed by atoms with E-state index in [-0.39, 0.29) is 6.10 Å². The largest absolute Gasteiger partial charge is 0.391 e. The van der Waals surface area contributed by atoms with Crippen LogP contribution in [-0.4, -0.2) is 41.1 Å². The summed E-state index contributed by atoms with van der Waals surface area (Å²) in [4.78, 5) is 2.36. The second-order valence-electron chi connectivity index (χ2n) is 4.79. The highest BCUT2D eigenvalue weighted by atomic mass is 79.9. The Morgan fingerprint density at radius 1 is 1.40 bits per heavy atom. The van der Waals surface area contributed by atoms with E-state index in [4.69, 9.17) is 0 Å². The van der Waals surface area contributed by atoms with E-state index in [1.165, 1.54) is 19.3 Å². The molecule has 0 bridgehead atoms. The number of nitrogens with zero attached hydrogens (tertiary/aromatic N) is 1. The maximum Gasteiger partial charge on any atom is 0.0695 e. The van der Waals surface area contributed by atoms with Crippen LogP contribution in [0.3, 0.4) is 0 Å². The van der Waals surface area contributed by atoms with Crippen molar-refractivity contribution in [2.24, 2.45) is 5.92 Å². The third-order valence-corrected chi connectivity index (χ3v) is 4.52. The van der Waals surface area contributed by atoms with Gasteiger partial charge < -0.3 is 10.0 Å². The van der Waals surface area contributed by atoms with E-state index in [2.05, 4.69) is 34.8 Å². The van der Waals surface area contributed by atoms with E-state index in [1.807, 2.05) is 0 Å². The Hall–Kier alpha value is 0.400. The predicted octanol–water partition coefficient (Wildman–Crippen LogP) is 2.64. The number of hydrogen-bond acceptors (Lipinski definition) is 2. The zero-order chi connectivity index (χ0) is 11.3. The summed E-state index contributed by atoms with van der Waals surface area (Å²) < 4.78 is 0. The first-order valence-corrected chi connectivity index (χ1v) is 7.25. The number of hydrogen-bond donors (Lipinski definition) is 1. The number of alkyl halides is 1. The topological polar surface area (TPSA) is 23.5 Å². The van der Waals surface area contributed by atoms with Gasteiger partial charge in [-0.15, -0.1) is 0 Å². The van der Waals surface area contributed by atoms with Crippen LogP contribution in [0.15, 0.2) is 0 Å². The molecule has 1 fully saturated rings. The smallest absolute Gasteiger partial charge is 0.0695 e. The quantitative estimate of drug-likeness (QED) is 0.781. The molecule has 0 aliphatic heterocycles. The normalized spacial score (nSPS) is 29.4. The molecule has 1 aliphatic rings. The molecule has 0 saturated heterocycles. The lowest BCUT2D eigenvalue weighted by atomic mass is 9.91. The number of aliphatic hydroxyl groups excluding tert-OH is 1. The van der Waals surface area contributed by atoms with Gasteiger partial charge in [0.25, 0.3) is 0 Å². The average Bonchev–Trinajstić information content (AvgIpc) is 2.26. The molecule has 3 atom stereocenters. The molecule has 0 amide bonds. The third kappa shape index (κ3) is 4.04. The van der Waals surface area contributed by atoms with Crippen LogP contribution in [0.5, 0.6) is 0 Å². The van der Waals surface area contributed by atoms with Crippen LogP contribution in [-0.2, 0) is 0 Å². The fourth-order valence-corrected chi connectivity index (χ4v) is 3.10. The fraction of sp³-hybridized carbons (Fsp3) is 1.00. The first-order valence-electron chi connectivity index (χ1n) is 6.13. The highest BCUT2D eigenvalue weighted by Crippen LogP contribution is 2.23. The van der Waals surface area contributed by atoms with Gasteiger partial charge in [0.2, 0.25) is 0 Å². The molecule has 0 heterocycles. The Kier molecular flexibility index (Phi) is 6.17. The van der Waals surface area contributed by atoms with Crippen molar-refractivity contribution in [2.75, 3.05) is 18.9 Å². The van der Waals surface area contributed by atoms with Crippen molar-refractivity contribution in [2.45, 2.75) is 51.2 Å². The molecule has 0 radical (unpaired) electrons. The van der Waals surface area contributed by atoms with E-state index >= 15 is 0 Å². The molecule has 0 aromatic carbocycles. The van der Waals surface area contributed by atoms with Crippen molar-refractivity contribution >= 4 is 15.9 Å². The van der Waals surface area contributed by atoms with Gasteiger partial charge in [-0.1, -0.05) is 42.1 Å². The zero-order valence-corrected chi connectivity index (χ0v) is 11.5. The van der Waals surface area contributed by atoms with E-state index in [1.54, 1.807) is 0 Å². The standard InChI is InChI=1S/C12H24BrNO/c1-3-10(8-13)9-14(2)11-6-4-5-7-12(11)15/h10-12,15H,3-9H2,1-2H3. The molecule has 1 N–H and O–H groups in total. The minimum atomic E-state index is -0.100. The fourth-order valence-electron chi connectivity index (χ4n) is 2.44. The van der Waals surface area contributed by atoms with Gasteiger partial charge in [-0.3, -0.25) is 0 Å². The number of rotatable bonds is 5. The first-order chi connectivity index (χ1) is 7.19. The number of aliphatic hydroxyl groups is 1. The zero-order valence-electron chi connectivity index (χ0n) is 9.95. The van der Waals surface area contributed by atoms with Gasteiger partial charge >= 0.3 is 0 Å². The maximum atomic E-state index is 9.94. The second kappa shape index (κ2) is 6.87. The van der Waals surface area contributed by atoms with Gasteiger partial charge in [0.05, 0.1) is 6.10 Å². The summed E-state index contributed by atoms with van der Waals surface area (Å²) in [5.74, 6) is 0.712. The van der Waals surface area contributed by atoms with Crippen LogP contribution in [0.2, 0.25) is 0 Å². The van der Waals surface area contributed by atoms with Crippen LogP contribution < -0.4 is 0 Å². The molecule has 3 unspecified atom stereocenters. The van der Waals surface area contributed by atoms with E-state index < -0.39 is 0 Å². The summed E-state index contributed by atoms with van der Waals surface area (Å²) in [5, 5.41) is 11.0. The van der Waals surface area contributed by atoms with Crippen LogP contribution in [0.25, 0.3) is 0 Å². The summed E-state index contributed by atoms with van der Waals surface area (Å²) in [6, 6.07) is 0.395. The van der Waals surface area contributed by atoms with Gasteiger partial charge in [-0.2, -0.15) is 0 Å². The lowest BCUT2D eigenvalue weighted by Crippen LogP contribution is -2.45. The van der Waals surface area contributed by atoms with Gasteiger partial charge in [-0.05, 0) is 25.8 Å². The van der Waals surface area contributed by atoms with Crippen molar-refractivity contribution in [3.05, 3.63) is 0 Å². The lowest BCUT2D eigenvalue weighted by molar-refractivity contribution is 0.0268. The molecule has 90 valence electrons. The van der Waals surface area contributed by atoms with Crippen molar-refractivity contribution in [3.63, 3.8) is 0 Å². The molecule has 0 spiro atoms. The van der Waals surface area contributed by atoms with Crippen LogP contribution >= 0.6 is 15.9 Å². The summed E-state index contributed by atoms with van der Waals surface area (Å²) in [7, 11) is 2.16. The number of halogens is 1.